The molecule has 0 spiro atoms. The first kappa shape index (κ1) is 18.7. The van der Waals surface area contributed by atoms with Crippen molar-refractivity contribution in [1.29, 1.82) is 0 Å². The maximum atomic E-state index is 12.2. The molecule has 2 amide bonds. The predicted molar refractivity (Wildman–Crippen MR) is 101 cm³/mol. The van der Waals surface area contributed by atoms with E-state index in [0.29, 0.717) is 24.0 Å². The van der Waals surface area contributed by atoms with Crippen LogP contribution in [0.4, 0.5) is 0 Å². The molecule has 0 radical (unpaired) electrons. The number of carbonyl (C=O) groups is 2. The Morgan fingerprint density at radius 1 is 1.23 bits per heavy atom. The van der Waals surface area contributed by atoms with Crippen LogP contribution in [0.3, 0.4) is 0 Å². The summed E-state index contributed by atoms with van der Waals surface area (Å²) in [5.41, 5.74) is 0.125. The van der Waals surface area contributed by atoms with Crippen LogP contribution in [0.2, 0.25) is 0 Å². The predicted octanol–water partition coefficient (Wildman–Crippen LogP) is 2.90. The molecule has 1 heterocycles. The lowest BCUT2D eigenvalue weighted by atomic mass is 9.62. The summed E-state index contributed by atoms with van der Waals surface area (Å²) in [6.45, 7) is 6.69. The van der Waals surface area contributed by atoms with E-state index in [0.717, 1.165) is 19.3 Å². The first-order valence-electron chi connectivity index (χ1n) is 9.59. The summed E-state index contributed by atoms with van der Waals surface area (Å²) in [6.07, 6.45) is 3.42. The van der Waals surface area contributed by atoms with Crippen LogP contribution < -0.4 is 15.4 Å². The van der Waals surface area contributed by atoms with Gasteiger partial charge >= 0.3 is 0 Å². The molecule has 1 aliphatic heterocycles. The van der Waals surface area contributed by atoms with Gasteiger partial charge in [-0.3, -0.25) is 9.59 Å². The molecule has 4 atom stereocenters. The molecule has 4 unspecified atom stereocenters. The number of piperidine rings is 1. The summed E-state index contributed by atoms with van der Waals surface area (Å²) in [7, 11) is 0. The Morgan fingerprint density at radius 2 is 1.96 bits per heavy atom. The van der Waals surface area contributed by atoms with Crippen LogP contribution in [0.15, 0.2) is 30.3 Å². The monoisotopic (exact) mass is 358 g/mol. The number of carbonyl (C=O) groups excluding carboxylic acids is 2. The van der Waals surface area contributed by atoms with Crippen LogP contribution in [0.25, 0.3) is 0 Å². The van der Waals surface area contributed by atoms with Crippen LogP contribution in [-0.4, -0.2) is 30.5 Å². The maximum Gasteiger partial charge on any atom is 0.258 e. The van der Waals surface area contributed by atoms with E-state index in [1.54, 1.807) is 0 Å². The maximum absolute atomic E-state index is 12.2. The second kappa shape index (κ2) is 7.68. The standard InChI is InChI=1S/C21H30N2O3/c1-21(2,3)17-12-19(24)23-18-11-14(9-10-16(17)18)22-20(25)13-26-15-7-5-4-6-8-15/h4-8,14,16-18H,9-13H2,1-3H3,(H,22,25)(H,23,24). The number of hydrogen-bond donors (Lipinski definition) is 2. The molecule has 0 aromatic heterocycles. The zero-order valence-electron chi connectivity index (χ0n) is 16.0. The quantitative estimate of drug-likeness (QED) is 0.870. The Kier molecular flexibility index (Phi) is 5.54. The summed E-state index contributed by atoms with van der Waals surface area (Å²) in [5.74, 6) is 1.64. The molecule has 1 aromatic carbocycles. The van der Waals surface area contributed by atoms with E-state index in [9.17, 15) is 9.59 Å². The molecule has 1 saturated carbocycles. The van der Waals surface area contributed by atoms with Gasteiger partial charge in [0.15, 0.2) is 6.61 Å². The van der Waals surface area contributed by atoms with E-state index in [1.165, 1.54) is 0 Å². The van der Waals surface area contributed by atoms with E-state index >= 15 is 0 Å². The largest absolute Gasteiger partial charge is 0.484 e. The molecule has 3 rings (SSSR count). The molecule has 1 aromatic rings. The molecule has 2 fully saturated rings. The number of benzene rings is 1. The van der Waals surface area contributed by atoms with Gasteiger partial charge in [0.25, 0.3) is 5.91 Å². The summed E-state index contributed by atoms with van der Waals surface area (Å²) in [4.78, 5) is 24.4. The molecular formula is C21H30N2O3. The molecule has 26 heavy (non-hydrogen) atoms. The Balaban J connectivity index is 1.53. The number of ether oxygens (including phenoxy) is 1. The van der Waals surface area contributed by atoms with Crippen molar-refractivity contribution >= 4 is 11.8 Å². The van der Waals surface area contributed by atoms with Crippen molar-refractivity contribution in [1.82, 2.24) is 10.6 Å². The summed E-state index contributed by atoms with van der Waals surface area (Å²) < 4.78 is 5.51. The van der Waals surface area contributed by atoms with Gasteiger partial charge in [-0.05, 0) is 48.6 Å². The third-order valence-electron chi connectivity index (χ3n) is 5.76. The lowest BCUT2D eigenvalue weighted by Gasteiger charge is -2.48. The Morgan fingerprint density at radius 3 is 2.65 bits per heavy atom. The van der Waals surface area contributed by atoms with Gasteiger partial charge < -0.3 is 15.4 Å². The SMILES string of the molecule is CC(C)(C)C1CC(=O)NC2CC(NC(=O)COc3ccccc3)CCC21. The number of para-hydroxylation sites is 1. The zero-order chi connectivity index (χ0) is 18.7. The van der Waals surface area contributed by atoms with E-state index in [-0.39, 0.29) is 35.9 Å². The first-order valence-corrected chi connectivity index (χ1v) is 9.59. The van der Waals surface area contributed by atoms with Gasteiger partial charge in [0, 0.05) is 18.5 Å². The van der Waals surface area contributed by atoms with Crippen LogP contribution in [-0.2, 0) is 9.59 Å². The number of amides is 2. The third kappa shape index (κ3) is 4.57. The topological polar surface area (TPSA) is 67.4 Å². The molecule has 5 heteroatoms. The van der Waals surface area contributed by atoms with Crippen LogP contribution in [0, 0.1) is 17.3 Å². The first-order chi connectivity index (χ1) is 12.3. The van der Waals surface area contributed by atoms with Gasteiger partial charge in [0.05, 0.1) is 0 Å². The van der Waals surface area contributed by atoms with E-state index in [2.05, 4.69) is 31.4 Å². The zero-order valence-corrected chi connectivity index (χ0v) is 16.0. The van der Waals surface area contributed by atoms with Gasteiger partial charge in [-0.1, -0.05) is 39.0 Å². The Bertz CT molecular complexity index is 638. The fourth-order valence-electron chi connectivity index (χ4n) is 4.47. The van der Waals surface area contributed by atoms with Crippen molar-refractivity contribution in [2.75, 3.05) is 6.61 Å². The normalized spacial score (nSPS) is 28.7. The Labute approximate surface area is 155 Å². The fraction of sp³-hybridized carbons (Fsp3) is 0.619. The molecule has 0 bridgehead atoms. The molecule has 2 N–H and O–H groups in total. The average molecular weight is 358 g/mol. The highest BCUT2D eigenvalue weighted by molar-refractivity contribution is 5.78. The van der Waals surface area contributed by atoms with E-state index in [1.807, 2.05) is 30.3 Å². The summed E-state index contributed by atoms with van der Waals surface area (Å²) >= 11 is 0. The van der Waals surface area contributed by atoms with Gasteiger partial charge in [0.1, 0.15) is 5.75 Å². The minimum atomic E-state index is -0.105. The molecular weight excluding hydrogens is 328 g/mol. The van der Waals surface area contributed by atoms with Crippen LogP contribution >= 0.6 is 0 Å². The third-order valence-corrected chi connectivity index (χ3v) is 5.76. The van der Waals surface area contributed by atoms with Crippen molar-refractivity contribution < 1.29 is 14.3 Å². The van der Waals surface area contributed by atoms with E-state index < -0.39 is 0 Å². The van der Waals surface area contributed by atoms with E-state index in [4.69, 9.17) is 4.74 Å². The minimum absolute atomic E-state index is 0.0194. The summed E-state index contributed by atoms with van der Waals surface area (Å²) in [6, 6.07) is 9.61. The minimum Gasteiger partial charge on any atom is -0.484 e. The van der Waals surface area contributed by atoms with Crippen molar-refractivity contribution in [2.45, 2.75) is 58.5 Å². The van der Waals surface area contributed by atoms with Crippen molar-refractivity contribution in [3.63, 3.8) is 0 Å². The Hall–Kier alpha value is -2.04. The second-order valence-corrected chi connectivity index (χ2v) is 8.69. The number of hydrogen-bond acceptors (Lipinski definition) is 3. The number of fused-ring (bicyclic) bond motifs is 1. The molecule has 1 aliphatic carbocycles. The number of nitrogens with one attached hydrogen (secondary N) is 2. The molecule has 1 saturated heterocycles. The lowest BCUT2D eigenvalue weighted by molar-refractivity contribution is -0.130. The summed E-state index contributed by atoms with van der Waals surface area (Å²) in [5, 5.41) is 6.24. The smallest absolute Gasteiger partial charge is 0.258 e. The van der Waals surface area contributed by atoms with Crippen molar-refractivity contribution in [3.05, 3.63) is 30.3 Å². The average Bonchev–Trinajstić information content (AvgIpc) is 2.59. The second-order valence-electron chi connectivity index (χ2n) is 8.69. The van der Waals surface area contributed by atoms with Crippen LogP contribution in [0.1, 0.15) is 46.5 Å². The number of rotatable bonds is 4. The molecule has 2 aliphatic rings. The fourth-order valence-corrected chi connectivity index (χ4v) is 4.47. The highest BCUT2D eigenvalue weighted by Crippen LogP contribution is 2.44. The highest BCUT2D eigenvalue weighted by atomic mass is 16.5. The van der Waals surface area contributed by atoms with Crippen molar-refractivity contribution in [3.8, 4) is 5.75 Å². The van der Waals surface area contributed by atoms with Gasteiger partial charge in [0.2, 0.25) is 5.91 Å². The van der Waals surface area contributed by atoms with Gasteiger partial charge in [-0.15, -0.1) is 0 Å². The van der Waals surface area contributed by atoms with Crippen LogP contribution in [0.5, 0.6) is 5.75 Å². The van der Waals surface area contributed by atoms with Gasteiger partial charge in [-0.25, -0.2) is 0 Å². The van der Waals surface area contributed by atoms with Gasteiger partial charge in [-0.2, -0.15) is 0 Å². The molecule has 142 valence electrons. The highest BCUT2D eigenvalue weighted by Gasteiger charge is 2.45. The van der Waals surface area contributed by atoms with Crippen molar-refractivity contribution in [2.24, 2.45) is 17.3 Å². The lowest BCUT2D eigenvalue weighted by Crippen LogP contribution is -2.57. The molecule has 5 nitrogen and oxygen atoms in total.